The highest BCUT2D eigenvalue weighted by Gasteiger charge is 2.16. The molecule has 16 heavy (non-hydrogen) atoms. The van der Waals surface area contributed by atoms with Crippen molar-refractivity contribution in [3.05, 3.63) is 0 Å². The lowest BCUT2D eigenvalue weighted by molar-refractivity contribution is -0.129. The van der Waals surface area contributed by atoms with Gasteiger partial charge in [0.2, 0.25) is 11.8 Å². The minimum absolute atomic E-state index is 0.0690. The van der Waals surface area contributed by atoms with E-state index in [1.807, 2.05) is 13.8 Å². The zero-order valence-corrected chi connectivity index (χ0v) is 10.4. The van der Waals surface area contributed by atoms with E-state index >= 15 is 0 Å². The van der Waals surface area contributed by atoms with Gasteiger partial charge >= 0.3 is 0 Å². The molecule has 0 bridgehead atoms. The van der Waals surface area contributed by atoms with E-state index < -0.39 is 0 Å². The molecule has 1 heterocycles. The monoisotopic (exact) mass is 229 g/mol. The van der Waals surface area contributed by atoms with Crippen LogP contribution in [0.5, 0.6) is 0 Å². The van der Waals surface area contributed by atoms with Crippen molar-refractivity contribution in [3.63, 3.8) is 0 Å². The summed E-state index contributed by atoms with van der Waals surface area (Å²) >= 11 is 0. The summed E-state index contributed by atoms with van der Waals surface area (Å²) in [7, 11) is 1.53. The van der Waals surface area contributed by atoms with Crippen molar-refractivity contribution >= 4 is 11.8 Å². The van der Waals surface area contributed by atoms with Gasteiger partial charge in [0.1, 0.15) is 6.42 Å². The fraction of sp³-hybridized carbons (Fsp3) is 0.818. The van der Waals surface area contributed by atoms with Crippen LogP contribution in [0.25, 0.3) is 0 Å². The van der Waals surface area contributed by atoms with Gasteiger partial charge in [-0.25, -0.2) is 0 Å². The van der Waals surface area contributed by atoms with Crippen molar-refractivity contribution in [1.29, 1.82) is 0 Å². The van der Waals surface area contributed by atoms with Crippen molar-refractivity contribution in [2.24, 2.45) is 0 Å². The topological polar surface area (TPSA) is 70.2 Å². The summed E-state index contributed by atoms with van der Waals surface area (Å²) in [5.41, 5.74) is 0. The van der Waals surface area contributed by atoms with Gasteiger partial charge in [0.25, 0.3) is 0 Å². The van der Waals surface area contributed by atoms with Crippen molar-refractivity contribution in [2.75, 3.05) is 20.1 Å². The molecule has 1 fully saturated rings. The molecule has 0 aromatic heterocycles. The Morgan fingerprint density at radius 2 is 1.75 bits per heavy atom. The highest BCUT2D eigenvalue weighted by atomic mass is 16.2. The summed E-state index contributed by atoms with van der Waals surface area (Å²) in [5.74, 6) is -0.423. The number of piperidine rings is 1. The van der Waals surface area contributed by atoms with Gasteiger partial charge in [-0.3, -0.25) is 9.59 Å². The Morgan fingerprint density at radius 1 is 1.19 bits per heavy atom. The Bertz CT molecular complexity index is 213. The van der Waals surface area contributed by atoms with E-state index in [1.54, 1.807) is 0 Å². The zero-order chi connectivity index (χ0) is 12.4. The SMILES string of the molecule is CC.CNC(=O)CC(=O)NC1CCNCC1. The van der Waals surface area contributed by atoms with Crippen LogP contribution in [0.2, 0.25) is 0 Å². The predicted octanol–water partition coefficient (Wildman–Crippen LogP) is 0.0169. The van der Waals surface area contributed by atoms with E-state index in [9.17, 15) is 9.59 Å². The zero-order valence-electron chi connectivity index (χ0n) is 10.4. The summed E-state index contributed by atoms with van der Waals surface area (Å²) in [4.78, 5) is 22.2. The molecule has 0 aromatic carbocycles. The van der Waals surface area contributed by atoms with E-state index in [0.29, 0.717) is 0 Å². The average molecular weight is 229 g/mol. The van der Waals surface area contributed by atoms with Crippen molar-refractivity contribution in [3.8, 4) is 0 Å². The summed E-state index contributed by atoms with van der Waals surface area (Å²) in [6.45, 7) is 5.87. The molecule has 1 aliphatic rings. The van der Waals surface area contributed by atoms with Gasteiger partial charge in [-0.2, -0.15) is 0 Å². The molecule has 1 rings (SSSR count). The number of hydrogen-bond donors (Lipinski definition) is 3. The van der Waals surface area contributed by atoms with Gasteiger partial charge in [0, 0.05) is 13.1 Å². The Kier molecular flexibility index (Phi) is 8.52. The van der Waals surface area contributed by atoms with Crippen LogP contribution in [-0.4, -0.2) is 38.0 Å². The lowest BCUT2D eigenvalue weighted by atomic mass is 10.1. The maximum Gasteiger partial charge on any atom is 0.229 e. The maximum atomic E-state index is 11.3. The minimum atomic E-state index is -0.239. The smallest absolute Gasteiger partial charge is 0.229 e. The Morgan fingerprint density at radius 3 is 2.25 bits per heavy atom. The molecular weight excluding hydrogens is 206 g/mol. The quantitative estimate of drug-likeness (QED) is 0.597. The fourth-order valence-corrected chi connectivity index (χ4v) is 1.48. The second-order valence-electron chi connectivity index (χ2n) is 3.44. The minimum Gasteiger partial charge on any atom is -0.359 e. The molecule has 5 nitrogen and oxygen atoms in total. The molecule has 94 valence electrons. The molecular formula is C11H23N3O2. The molecule has 0 saturated carbocycles. The molecule has 3 N–H and O–H groups in total. The summed E-state index contributed by atoms with van der Waals surface area (Å²) in [5, 5.41) is 8.47. The Labute approximate surface area is 97.4 Å². The number of carbonyl (C=O) groups excluding carboxylic acids is 2. The van der Waals surface area contributed by atoms with Crippen LogP contribution < -0.4 is 16.0 Å². The lowest BCUT2D eigenvalue weighted by Crippen LogP contribution is -2.43. The van der Waals surface area contributed by atoms with E-state index in [-0.39, 0.29) is 24.3 Å². The molecule has 0 aliphatic carbocycles. The summed E-state index contributed by atoms with van der Waals surface area (Å²) in [6, 6.07) is 0.230. The van der Waals surface area contributed by atoms with E-state index in [0.717, 1.165) is 25.9 Å². The maximum absolute atomic E-state index is 11.3. The first kappa shape index (κ1) is 14.9. The average Bonchev–Trinajstić information content (AvgIpc) is 2.32. The van der Waals surface area contributed by atoms with Crippen LogP contribution in [0.15, 0.2) is 0 Å². The highest BCUT2D eigenvalue weighted by molar-refractivity contribution is 5.96. The van der Waals surface area contributed by atoms with Gasteiger partial charge in [-0.05, 0) is 25.9 Å². The van der Waals surface area contributed by atoms with Crippen LogP contribution in [-0.2, 0) is 9.59 Å². The van der Waals surface area contributed by atoms with Crippen molar-refractivity contribution < 1.29 is 9.59 Å². The predicted molar refractivity (Wildman–Crippen MR) is 64.1 cm³/mol. The molecule has 0 unspecified atom stereocenters. The number of hydrogen-bond acceptors (Lipinski definition) is 3. The molecule has 1 aliphatic heterocycles. The third kappa shape index (κ3) is 6.40. The van der Waals surface area contributed by atoms with Crippen molar-refractivity contribution in [1.82, 2.24) is 16.0 Å². The van der Waals surface area contributed by atoms with Crippen LogP contribution in [0.1, 0.15) is 33.1 Å². The number of rotatable bonds is 3. The van der Waals surface area contributed by atoms with Crippen LogP contribution in [0.3, 0.4) is 0 Å². The number of nitrogens with one attached hydrogen (secondary N) is 3. The van der Waals surface area contributed by atoms with Crippen LogP contribution in [0.4, 0.5) is 0 Å². The third-order valence-electron chi connectivity index (χ3n) is 2.30. The first-order chi connectivity index (χ1) is 7.72. The second kappa shape index (κ2) is 9.15. The first-order valence-electron chi connectivity index (χ1n) is 5.93. The van der Waals surface area contributed by atoms with Gasteiger partial charge in [-0.1, -0.05) is 13.8 Å². The molecule has 1 saturated heterocycles. The van der Waals surface area contributed by atoms with Crippen molar-refractivity contribution in [2.45, 2.75) is 39.2 Å². The Hall–Kier alpha value is -1.10. The lowest BCUT2D eigenvalue weighted by Gasteiger charge is -2.23. The van der Waals surface area contributed by atoms with Gasteiger partial charge < -0.3 is 16.0 Å². The Balaban J connectivity index is 0.00000106. The summed E-state index contributed by atoms with van der Waals surface area (Å²) < 4.78 is 0. The summed E-state index contributed by atoms with van der Waals surface area (Å²) in [6.07, 6.45) is 1.82. The van der Waals surface area contributed by atoms with Crippen LogP contribution in [0, 0.1) is 0 Å². The first-order valence-corrected chi connectivity index (χ1v) is 5.93. The van der Waals surface area contributed by atoms with Gasteiger partial charge in [0.05, 0.1) is 0 Å². The van der Waals surface area contributed by atoms with E-state index in [1.165, 1.54) is 7.05 Å². The highest BCUT2D eigenvalue weighted by Crippen LogP contribution is 2.01. The molecule has 5 heteroatoms. The number of carbonyl (C=O) groups is 2. The molecule has 0 radical (unpaired) electrons. The molecule has 2 amide bonds. The van der Waals surface area contributed by atoms with Gasteiger partial charge in [-0.15, -0.1) is 0 Å². The normalized spacial score (nSPS) is 15.7. The number of amides is 2. The van der Waals surface area contributed by atoms with E-state index in [2.05, 4.69) is 16.0 Å². The standard InChI is InChI=1S/C9H17N3O2.C2H6/c1-10-8(13)6-9(14)12-7-2-4-11-5-3-7;1-2/h7,11H,2-6H2,1H3,(H,10,13)(H,12,14);1-2H3. The fourth-order valence-electron chi connectivity index (χ4n) is 1.48. The molecule has 0 atom stereocenters. The molecule has 0 spiro atoms. The molecule has 0 aromatic rings. The second-order valence-corrected chi connectivity index (χ2v) is 3.44. The third-order valence-corrected chi connectivity index (χ3v) is 2.30. The largest absolute Gasteiger partial charge is 0.359 e. The van der Waals surface area contributed by atoms with Crippen LogP contribution >= 0.6 is 0 Å². The van der Waals surface area contributed by atoms with Gasteiger partial charge in [0.15, 0.2) is 0 Å². The van der Waals surface area contributed by atoms with E-state index in [4.69, 9.17) is 0 Å².